The van der Waals surface area contributed by atoms with Crippen molar-refractivity contribution < 1.29 is 28.7 Å². The Balaban J connectivity index is 1.90. The van der Waals surface area contributed by atoms with Gasteiger partial charge in [0.25, 0.3) is 5.78 Å². The molecule has 1 aliphatic rings. The number of methoxy groups -OCH3 is 1. The summed E-state index contributed by atoms with van der Waals surface area (Å²) in [6.07, 6.45) is 0.819. The Labute approximate surface area is 201 Å². The lowest BCUT2D eigenvalue weighted by Gasteiger charge is -2.23. The lowest BCUT2D eigenvalue weighted by Crippen LogP contribution is -2.29. The number of halogens is 1. The zero-order valence-corrected chi connectivity index (χ0v) is 19.6. The number of aromatic nitrogens is 1. The van der Waals surface area contributed by atoms with Crippen molar-refractivity contribution in [2.24, 2.45) is 0 Å². The van der Waals surface area contributed by atoms with Crippen LogP contribution in [0.1, 0.15) is 36.3 Å². The Kier molecular flexibility index (Phi) is 6.61. The molecule has 2 aromatic carbocycles. The van der Waals surface area contributed by atoms with Gasteiger partial charge in [-0.3, -0.25) is 14.5 Å². The fraction of sp³-hybridized carbons (Fsp3) is 0.240. The smallest absolute Gasteiger partial charge is 0.301 e. The van der Waals surface area contributed by atoms with Crippen LogP contribution in [0.25, 0.3) is 5.76 Å². The Morgan fingerprint density at radius 2 is 2.00 bits per heavy atom. The number of benzene rings is 2. The second-order valence-corrected chi connectivity index (χ2v) is 8.14. The second-order valence-electron chi connectivity index (χ2n) is 7.74. The predicted molar refractivity (Wildman–Crippen MR) is 126 cm³/mol. The van der Waals surface area contributed by atoms with Crippen LogP contribution >= 0.6 is 11.6 Å². The average molecular weight is 483 g/mol. The van der Waals surface area contributed by atoms with E-state index in [0.717, 1.165) is 6.42 Å². The Hall–Kier alpha value is -3.78. The normalized spacial score (nSPS) is 17.3. The number of ether oxygens (including phenoxy) is 2. The molecule has 1 saturated heterocycles. The molecule has 8 nitrogen and oxygen atoms in total. The zero-order valence-electron chi connectivity index (χ0n) is 18.9. The fourth-order valence-electron chi connectivity index (χ4n) is 3.81. The molecule has 9 heteroatoms. The van der Waals surface area contributed by atoms with Gasteiger partial charge in [-0.25, -0.2) is 0 Å². The summed E-state index contributed by atoms with van der Waals surface area (Å²) in [6.45, 7) is 4.18. The van der Waals surface area contributed by atoms with E-state index in [2.05, 4.69) is 5.16 Å². The minimum absolute atomic E-state index is 0.0977. The number of hydrogen-bond acceptors (Lipinski definition) is 7. The Morgan fingerprint density at radius 1 is 1.21 bits per heavy atom. The van der Waals surface area contributed by atoms with Crippen molar-refractivity contribution in [1.29, 1.82) is 0 Å². The van der Waals surface area contributed by atoms with Gasteiger partial charge in [-0.1, -0.05) is 35.8 Å². The zero-order chi connectivity index (χ0) is 24.4. The van der Waals surface area contributed by atoms with Crippen LogP contribution in [0.15, 0.2) is 58.6 Å². The van der Waals surface area contributed by atoms with Crippen LogP contribution in [0.2, 0.25) is 5.02 Å². The number of hydrogen-bond donors (Lipinski definition) is 1. The van der Waals surface area contributed by atoms with E-state index < -0.39 is 17.7 Å². The molecule has 1 N–H and O–H groups in total. The number of Topliss-reactive ketones (excluding diaryl/α,β-unsaturated/α-hetero) is 1. The third-order valence-electron chi connectivity index (χ3n) is 5.38. The van der Waals surface area contributed by atoms with E-state index in [0.29, 0.717) is 29.4 Å². The molecule has 0 aliphatic carbocycles. The summed E-state index contributed by atoms with van der Waals surface area (Å²) < 4.78 is 16.1. The minimum Gasteiger partial charge on any atom is -0.507 e. The van der Waals surface area contributed by atoms with Crippen molar-refractivity contribution in [3.8, 4) is 11.5 Å². The molecule has 34 heavy (non-hydrogen) atoms. The van der Waals surface area contributed by atoms with Gasteiger partial charge in [0.05, 0.1) is 30.4 Å². The predicted octanol–water partition coefficient (Wildman–Crippen LogP) is 5.06. The van der Waals surface area contributed by atoms with Crippen molar-refractivity contribution in [3.63, 3.8) is 0 Å². The summed E-state index contributed by atoms with van der Waals surface area (Å²) in [6, 6.07) is 12.2. The van der Waals surface area contributed by atoms with Crippen LogP contribution in [-0.2, 0) is 9.59 Å². The number of ketones is 1. The first kappa shape index (κ1) is 23.4. The lowest BCUT2D eigenvalue weighted by atomic mass is 9.95. The quantitative estimate of drug-likeness (QED) is 0.285. The summed E-state index contributed by atoms with van der Waals surface area (Å²) in [5, 5.41) is 15.4. The first-order chi connectivity index (χ1) is 16.3. The van der Waals surface area contributed by atoms with Gasteiger partial charge in [0.1, 0.15) is 23.0 Å². The van der Waals surface area contributed by atoms with Gasteiger partial charge < -0.3 is 19.1 Å². The molecule has 0 saturated carbocycles. The number of nitrogens with zero attached hydrogens (tertiary/aromatic N) is 2. The van der Waals surface area contributed by atoms with E-state index in [1.165, 1.54) is 18.1 Å². The monoisotopic (exact) mass is 482 g/mol. The van der Waals surface area contributed by atoms with Gasteiger partial charge >= 0.3 is 5.91 Å². The molecular weight excluding hydrogens is 460 g/mol. The second kappa shape index (κ2) is 9.61. The number of aliphatic hydroxyl groups excluding tert-OH is 1. The maximum absolute atomic E-state index is 13.2. The topological polar surface area (TPSA) is 102 Å². The number of aryl methyl sites for hydroxylation is 1. The standard InChI is InChI=1S/C25H23ClN2O6/c1-4-10-33-17-7-5-6-15(12-17)22-21(23(29)16-8-9-19(32-3)18(26)13-16)24(30)25(31)28(22)20-11-14(2)34-27-20/h5-9,11-13,22,29H,4,10H2,1-3H3/t22-/m1/s1. The molecule has 0 radical (unpaired) electrons. The van der Waals surface area contributed by atoms with Gasteiger partial charge in [-0.15, -0.1) is 0 Å². The van der Waals surface area contributed by atoms with E-state index >= 15 is 0 Å². The van der Waals surface area contributed by atoms with Gasteiger partial charge in [-0.05, 0) is 49.2 Å². The van der Waals surface area contributed by atoms with Crippen LogP contribution in [0.3, 0.4) is 0 Å². The van der Waals surface area contributed by atoms with Crippen molar-refractivity contribution in [2.45, 2.75) is 26.3 Å². The van der Waals surface area contributed by atoms with Crippen LogP contribution < -0.4 is 14.4 Å². The first-order valence-corrected chi connectivity index (χ1v) is 11.0. The summed E-state index contributed by atoms with van der Waals surface area (Å²) in [7, 11) is 1.47. The maximum atomic E-state index is 13.2. The van der Waals surface area contributed by atoms with Crippen molar-refractivity contribution in [3.05, 3.63) is 76.0 Å². The molecule has 0 unspecified atom stereocenters. The Bertz CT molecular complexity index is 1280. The molecule has 1 amide bonds. The number of amides is 1. The Morgan fingerprint density at radius 3 is 2.65 bits per heavy atom. The van der Waals surface area contributed by atoms with E-state index in [-0.39, 0.29) is 27.7 Å². The molecule has 2 heterocycles. The molecular formula is C25H23ClN2O6. The SMILES string of the molecule is CCCOc1cccc([C@@H]2C(=C(O)c3ccc(OC)c(Cl)c3)C(=O)C(=O)N2c2cc(C)on2)c1. The molecule has 4 rings (SSSR count). The summed E-state index contributed by atoms with van der Waals surface area (Å²) >= 11 is 6.24. The van der Waals surface area contributed by atoms with Crippen LogP contribution in [0.5, 0.6) is 11.5 Å². The first-order valence-electron chi connectivity index (χ1n) is 10.7. The molecule has 0 bridgehead atoms. The summed E-state index contributed by atoms with van der Waals surface area (Å²) in [5.74, 6) is -0.429. The fourth-order valence-corrected chi connectivity index (χ4v) is 4.07. The average Bonchev–Trinajstić information content (AvgIpc) is 3.37. The molecule has 1 atom stereocenters. The number of rotatable bonds is 7. The van der Waals surface area contributed by atoms with E-state index in [1.54, 1.807) is 49.4 Å². The molecule has 1 fully saturated rings. The van der Waals surface area contributed by atoms with Crippen molar-refractivity contribution >= 4 is 34.9 Å². The third-order valence-corrected chi connectivity index (χ3v) is 5.67. The highest BCUT2D eigenvalue weighted by Crippen LogP contribution is 2.43. The molecule has 1 aromatic heterocycles. The highest BCUT2D eigenvalue weighted by atomic mass is 35.5. The van der Waals surface area contributed by atoms with E-state index in [9.17, 15) is 14.7 Å². The number of aliphatic hydroxyl groups is 1. The summed E-state index contributed by atoms with van der Waals surface area (Å²) in [5.41, 5.74) is 0.734. The summed E-state index contributed by atoms with van der Waals surface area (Å²) in [4.78, 5) is 27.6. The van der Waals surface area contributed by atoms with Gasteiger partial charge in [-0.2, -0.15) is 0 Å². The number of anilines is 1. The number of carbonyl (C=O) groups excluding carboxylic acids is 2. The highest BCUT2D eigenvalue weighted by molar-refractivity contribution is 6.51. The van der Waals surface area contributed by atoms with E-state index in [1.807, 2.05) is 6.92 Å². The molecule has 3 aromatic rings. The molecule has 0 spiro atoms. The maximum Gasteiger partial charge on any atom is 0.301 e. The largest absolute Gasteiger partial charge is 0.507 e. The lowest BCUT2D eigenvalue weighted by molar-refractivity contribution is -0.132. The van der Waals surface area contributed by atoms with Crippen LogP contribution in [0, 0.1) is 6.92 Å². The van der Waals surface area contributed by atoms with E-state index in [4.69, 9.17) is 25.6 Å². The van der Waals surface area contributed by atoms with Crippen LogP contribution in [0.4, 0.5) is 5.82 Å². The molecule has 1 aliphatic heterocycles. The van der Waals surface area contributed by atoms with Crippen molar-refractivity contribution in [1.82, 2.24) is 5.16 Å². The van der Waals surface area contributed by atoms with Gasteiger partial charge in [0.15, 0.2) is 5.82 Å². The highest BCUT2D eigenvalue weighted by Gasteiger charge is 2.48. The van der Waals surface area contributed by atoms with Gasteiger partial charge in [0, 0.05) is 11.6 Å². The third kappa shape index (κ3) is 4.24. The van der Waals surface area contributed by atoms with Crippen LogP contribution in [-0.4, -0.2) is 35.7 Å². The van der Waals surface area contributed by atoms with Crippen molar-refractivity contribution in [2.75, 3.05) is 18.6 Å². The minimum atomic E-state index is -0.962. The number of carbonyl (C=O) groups is 2. The van der Waals surface area contributed by atoms with Gasteiger partial charge in [0.2, 0.25) is 0 Å². The molecule has 176 valence electrons.